The van der Waals surface area contributed by atoms with Crippen LogP contribution in [0.15, 0.2) is 35.4 Å². The Morgan fingerprint density at radius 3 is 2.48 bits per heavy atom. The molecule has 0 amide bonds. The lowest BCUT2D eigenvalue weighted by atomic mass is 10.2. The fourth-order valence-corrected chi connectivity index (χ4v) is 4.30. The normalized spacial score (nSPS) is 11.8. The van der Waals surface area contributed by atoms with Gasteiger partial charge in [0.25, 0.3) is 10.0 Å². The SMILES string of the molecule is Cc1cc(C)c(N(CC(C)C)S(=O)(=O)c2ccc(F)c(CO)c2)cn1. The number of hydrogen-bond acceptors (Lipinski definition) is 4. The van der Waals surface area contributed by atoms with E-state index in [1.54, 1.807) is 6.20 Å². The van der Waals surface area contributed by atoms with E-state index in [2.05, 4.69) is 4.98 Å². The summed E-state index contributed by atoms with van der Waals surface area (Å²) in [5, 5.41) is 9.23. The molecule has 0 atom stereocenters. The molecule has 5 nitrogen and oxygen atoms in total. The quantitative estimate of drug-likeness (QED) is 0.852. The Morgan fingerprint density at radius 2 is 1.92 bits per heavy atom. The molecule has 0 spiro atoms. The van der Waals surface area contributed by atoms with Gasteiger partial charge >= 0.3 is 0 Å². The zero-order chi connectivity index (χ0) is 18.8. The molecule has 136 valence electrons. The summed E-state index contributed by atoms with van der Waals surface area (Å²) in [7, 11) is -3.92. The molecule has 0 aliphatic heterocycles. The fraction of sp³-hybridized carbons (Fsp3) is 0.389. The second kappa shape index (κ2) is 7.49. The monoisotopic (exact) mass is 366 g/mol. The molecule has 0 bridgehead atoms. The Hall–Kier alpha value is -1.99. The van der Waals surface area contributed by atoms with Gasteiger partial charge in [-0.2, -0.15) is 0 Å². The van der Waals surface area contributed by atoms with Gasteiger partial charge in [0.1, 0.15) is 5.82 Å². The highest BCUT2D eigenvalue weighted by Crippen LogP contribution is 2.28. The Bertz CT molecular complexity index is 867. The second-order valence-corrected chi connectivity index (χ2v) is 8.32. The maximum atomic E-state index is 13.6. The zero-order valence-corrected chi connectivity index (χ0v) is 15.6. The molecule has 0 radical (unpaired) electrons. The van der Waals surface area contributed by atoms with Crippen molar-refractivity contribution in [1.82, 2.24) is 4.98 Å². The lowest BCUT2D eigenvalue weighted by Crippen LogP contribution is -2.35. The van der Waals surface area contributed by atoms with E-state index in [1.165, 1.54) is 16.4 Å². The van der Waals surface area contributed by atoms with E-state index in [0.717, 1.165) is 17.3 Å². The zero-order valence-electron chi connectivity index (χ0n) is 14.8. The van der Waals surface area contributed by atoms with E-state index in [9.17, 15) is 17.9 Å². The maximum Gasteiger partial charge on any atom is 0.264 e. The lowest BCUT2D eigenvalue weighted by molar-refractivity contribution is 0.275. The maximum absolute atomic E-state index is 13.6. The van der Waals surface area contributed by atoms with Crippen molar-refractivity contribution in [2.24, 2.45) is 5.92 Å². The highest BCUT2D eigenvalue weighted by molar-refractivity contribution is 7.92. The molecule has 0 fully saturated rings. The van der Waals surface area contributed by atoms with Crippen molar-refractivity contribution >= 4 is 15.7 Å². The van der Waals surface area contributed by atoms with E-state index in [1.807, 2.05) is 33.8 Å². The fourth-order valence-electron chi connectivity index (χ4n) is 2.57. The predicted octanol–water partition coefficient (Wildman–Crippen LogP) is 3.18. The van der Waals surface area contributed by atoms with Crippen molar-refractivity contribution in [2.45, 2.75) is 39.2 Å². The van der Waals surface area contributed by atoms with E-state index in [4.69, 9.17) is 0 Å². The summed E-state index contributed by atoms with van der Waals surface area (Å²) in [4.78, 5) is 4.16. The van der Waals surface area contributed by atoms with Crippen molar-refractivity contribution in [1.29, 1.82) is 0 Å². The molecule has 0 aliphatic carbocycles. The lowest BCUT2D eigenvalue weighted by Gasteiger charge is -2.27. The van der Waals surface area contributed by atoms with Crippen LogP contribution in [0.4, 0.5) is 10.1 Å². The molecular weight excluding hydrogens is 343 g/mol. The number of pyridine rings is 1. The van der Waals surface area contributed by atoms with Gasteiger partial charge in [-0.15, -0.1) is 0 Å². The van der Waals surface area contributed by atoms with Crippen LogP contribution in [0.25, 0.3) is 0 Å². The number of sulfonamides is 1. The van der Waals surface area contributed by atoms with Crippen molar-refractivity contribution in [3.05, 3.63) is 53.1 Å². The van der Waals surface area contributed by atoms with Crippen LogP contribution >= 0.6 is 0 Å². The van der Waals surface area contributed by atoms with Crippen LogP contribution in [0.1, 0.15) is 30.7 Å². The Labute approximate surface area is 148 Å². The van der Waals surface area contributed by atoms with Gasteiger partial charge < -0.3 is 5.11 Å². The summed E-state index contributed by atoms with van der Waals surface area (Å²) in [6.07, 6.45) is 1.54. The highest BCUT2D eigenvalue weighted by atomic mass is 32.2. The Kier molecular flexibility index (Phi) is 5.80. The van der Waals surface area contributed by atoms with Gasteiger partial charge in [-0.1, -0.05) is 13.8 Å². The molecule has 1 N–H and O–H groups in total. The van der Waals surface area contributed by atoms with Crippen LogP contribution in [0, 0.1) is 25.6 Å². The van der Waals surface area contributed by atoms with Crippen LogP contribution in [-0.2, 0) is 16.6 Å². The molecule has 2 aromatic rings. The summed E-state index contributed by atoms with van der Waals surface area (Å²) in [6.45, 7) is 7.21. The third-order valence-electron chi connectivity index (χ3n) is 3.80. The number of rotatable bonds is 6. The summed E-state index contributed by atoms with van der Waals surface area (Å²) >= 11 is 0. The molecule has 1 heterocycles. The van der Waals surface area contributed by atoms with E-state index in [-0.39, 0.29) is 22.9 Å². The largest absolute Gasteiger partial charge is 0.392 e. The standard InChI is InChI=1S/C18H23FN2O3S/c1-12(2)10-21(18-9-20-14(4)7-13(18)3)25(23,24)16-5-6-17(19)15(8-16)11-22/h5-9,12,22H,10-11H2,1-4H3. The molecule has 2 rings (SSSR count). The average Bonchev–Trinajstić information content (AvgIpc) is 2.53. The van der Waals surface area contributed by atoms with E-state index < -0.39 is 22.4 Å². The van der Waals surface area contributed by atoms with E-state index in [0.29, 0.717) is 5.69 Å². The van der Waals surface area contributed by atoms with Crippen molar-refractivity contribution in [2.75, 3.05) is 10.8 Å². The first-order chi connectivity index (χ1) is 11.7. The number of benzene rings is 1. The summed E-state index contributed by atoms with van der Waals surface area (Å²) < 4.78 is 41.3. The van der Waals surface area contributed by atoms with Gasteiger partial charge in [0.15, 0.2) is 0 Å². The van der Waals surface area contributed by atoms with Gasteiger partial charge in [0, 0.05) is 17.8 Å². The van der Waals surface area contributed by atoms with Gasteiger partial charge in [-0.05, 0) is 49.6 Å². The smallest absolute Gasteiger partial charge is 0.264 e. The van der Waals surface area contributed by atoms with Crippen molar-refractivity contribution in [3.8, 4) is 0 Å². The highest BCUT2D eigenvalue weighted by Gasteiger charge is 2.28. The molecule has 0 saturated heterocycles. The molecule has 1 aromatic heterocycles. The van der Waals surface area contributed by atoms with E-state index >= 15 is 0 Å². The van der Waals surface area contributed by atoms with Gasteiger partial charge in [-0.25, -0.2) is 12.8 Å². The van der Waals surface area contributed by atoms with Gasteiger partial charge in [-0.3, -0.25) is 9.29 Å². The van der Waals surface area contributed by atoms with Gasteiger partial charge in [0.05, 0.1) is 23.4 Å². The molecule has 1 aromatic carbocycles. The van der Waals surface area contributed by atoms with Crippen LogP contribution in [0.2, 0.25) is 0 Å². The number of nitrogens with zero attached hydrogens (tertiary/aromatic N) is 2. The van der Waals surface area contributed by atoms with Crippen LogP contribution < -0.4 is 4.31 Å². The molecule has 7 heteroatoms. The number of aromatic nitrogens is 1. The van der Waals surface area contributed by atoms with Gasteiger partial charge in [0.2, 0.25) is 0 Å². The van der Waals surface area contributed by atoms with Crippen LogP contribution in [0.5, 0.6) is 0 Å². The van der Waals surface area contributed by atoms with Crippen LogP contribution in [0.3, 0.4) is 0 Å². The first kappa shape index (κ1) is 19.3. The predicted molar refractivity (Wildman–Crippen MR) is 95.4 cm³/mol. The molecule has 0 aliphatic rings. The number of anilines is 1. The molecule has 0 saturated carbocycles. The second-order valence-electron chi connectivity index (χ2n) is 6.45. The van der Waals surface area contributed by atoms with Crippen molar-refractivity contribution in [3.63, 3.8) is 0 Å². The molecule has 0 unspecified atom stereocenters. The number of halogens is 1. The number of aliphatic hydroxyl groups excluding tert-OH is 1. The number of aryl methyl sites for hydroxylation is 2. The average molecular weight is 366 g/mol. The third-order valence-corrected chi connectivity index (χ3v) is 5.57. The first-order valence-corrected chi connectivity index (χ1v) is 9.46. The molecular formula is C18H23FN2O3S. The summed E-state index contributed by atoms with van der Waals surface area (Å²) in [5.41, 5.74) is 2.03. The number of aliphatic hydroxyl groups is 1. The third kappa shape index (κ3) is 4.16. The minimum absolute atomic E-state index is 0.0516. The topological polar surface area (TPSA) is 70.5 Å². The summed E-state index contributed by atoms with van der Waals surface area (Å²) in [5.74, 6) is -0.557. The Balaban J connectivity index is 2.60. The Morgan fingerprint density at radius 1 is 1.24 bits per heavy atom. The first-order valence-electron chi connectivity index (χ1n) is 8.02. The van der Waals surface area contributed by atoms with Crippen LogP contribution in [-0.4, -0.2) is 25.1 Å². The minimum Gasteiger partial charge on any atom is -0.392 e. The summed E-state index contributed by atoms with van der Waals surface area (Å²) in [6, 6.07) is 5.28. The van der Waals surface area contributed by atoms with Crippen molar-refractivity contribution < 1.29 is 17.9 Å². The minimum atomic E-state index is -3.92. The molecule has 25 heavy (non-hydrogen) atoms. The number of hydrogen-bond donors (Lipinski definition) is 1.